The number of nitrogens with one attached hydrogen (secondary N) is 1. The average molecular weight is 188 g/mol. The fraction of sp³-hybridized carbons (Fsp3) is 0.333. The molecule has 2 nitrogen and oxygen atoms in total. The number of hydrogen-bond acceptors (Lipinski definition) is 1. The first-order valence-electron chi connectivity index (χ1n) is 4.98. The summed E-state index contributed by atoms with van der Waals surface area (Å²) in [6.45, 7) is 3.78. The van der Waals surface area contributed by atoms with Gasteiger partial charge in [-0.1, -0.05) is 12.1 Å². The third-order valence-corrected chi connectivity index (χ3v) is 2.66. The normalized spacial score (nSPS) is 16.1. The topological polar surface area (TPSA) is 29.1 Å². The van der Waals surface area contributed by atoms with Gasteiger partial charge in [-0.15, -0.1) is 0 Å². The molecule has 0 aromatic heterocycles. The van der Waals surface area contributed by atoms with Crippen LogP contribution in [0.15, 0.2) is 24.3 Å². The molecule has 1 fully saturated rings. The molecule has 0 bridgehead atoms. The van der Waals surface area contributed by atoms with E-state index in [4.69, 9.17) is 0 Å². The van der Waals surface area contributed by atoms with Crippen molar-refractivity contribution >= 4 is 5.91 Å². The highest BCUT2D eigenvalue weighted by Crippen LogP contribution is 2.18. The monoisotopic (exact) mass is 188 g/mol. The minimum absolute atomic E-state index is 0.0368. The Balaban J connectivity index is 1.99. The Morgan fingerprint density at radius 1 is 1.29 bits per heavy atom. The van der Waals surface area contributed by atoms with Gasteiger partial charge in [0, 0.05) is 11.6 Å². The Kier molecular flexibility index (Phi) is 2.53. The smallest absolute Gasteiger partial charge is 0.251 e. The molecule has 14 heavy (non-hydrogen) atoms. The summed E-state index contributed by atoms with van der Waals surface area (Å²) in [7, 11) is 0. The third kappa shape index (κ3) is 1.95. The van der Waals surface area contributed by atoms with E-state index < -0.39 is 0 Å². The second-order valence-corrected chi connectivity index (χ2v) is 3.80. The molecule has 1 saturated carbocycles. The summed E-state index contributed by atoms with van der Waals surface area (Å²) in [6, 6.07) is 7.75. The van der Waals surface area contributed by atoms with E-state index in [1.165, 1.54) is 6.42 Å². The lowest BCUT2D eigenvalue weighted by atomic mass is 9.93. The first-order chi connectivity index (χ1) is 6.75. The summed E-state index contributed by atoms with van der Waals surface area (Å²) in [6.07, 6.45) is 3.49. The van der Waals surface area contributed by atoms with Crippen LogP contribution in [0.4, 0.5) is 0 Å². The lowest BCUT2D eigenvalue weighted by Gasteiger charge is -2.26. The van der Waals surface area contributed by atoms with Gasteiger partial charge < -0.3 is 5.32 Å². The zero-order valence-electron chi connectivity index (χ0n) is 8.12. The molecule has 1 aromatic carbocycles. The molecular weight excluding hydrogens is 174 g/mol. The van der Waals surface area contributed by atoms with Crippen molar-refractivity contribution in [2.24, 2.45) is 0 Å². The number of carbonyl (C=O) groups is 1. The van der Waals surface area contributed by atoms with E-state index in [1.54, 1.807) is 0 Å². The molecule has 1 aromatic rings. The van der Waals surface area contributed by atoms with E-state index >= 15 is 0 Å². The van der Waals surface area contributed by atoms with Crippen molar-refractivity contribution in [2.75, 3.05) is 0 Å². The molecule has 1 aliphatic carbocycles. The van der Waals surface area contributed by atoms with Crippen molar-refractivity contribution in [3.05, 3.63) is 42.3 Å². The van der Waals surface area contributed by atoms with Crippen LogP contribution in [-0.4, -0.2) is 11.9 Å². The van der Waals surface area contributed by atoms with Crippen LogP contribution in [0.1, 0.15) is 35.2 Å². The quantitative estimate of drug-likeness (QED) is 0.757. The molecule has 73 valence electrons. The summed E-state index contributed by atoms with van der Waals surface area (Å²) in [5, 5.41) is 2.99. The van der Waals surface area contributed by atoms with Gasteiger partial charge in [-0.25, -0.2) is 0 Å². The van der Waals surface area contributed by atoms with Crippen molar-refractivity contribution < 1.29 is 4.79 Å². The van der Waals surface area contributed by atoms with Gasteiger partial charge in [-0.2, -0.15) is 0 Å². The number of benzene rings is 1. The molecule has 0 aliphatic heterocycles. The van der Waals surface area contributed by atoms with Crippen molar-refractivity contribution in [1.29, 1.82) is 0 Å². The van der Waals surface area contributed by atoms with Crippen LogP contribution >= 0.6 is 0 Å². The van der Waals surface area contributed by atoms with E-state index in [1.807, 2.05) is 24.3 Å². The summed E-state index contributed by atoms with van der Waals surface area (Å²) >= 11 is 0. The first kappa shape index (κ1) is 9.25. The highest BCUT2D eigenvalue weighted by Gasteiger charge is 2.19. The fourth-order valence-corrected chi connectivity index (χ4v) is 1.48. The number of rotatable bonds is 2. The van der Waals surface area contributed by atoms with E-state index in [0.29, 0.717) is 6.04 Å². The molecule has 1 amide bonds. The van der Waals surface area contributed by atoms with Crippen LogP contribution in [-0.2, 0) is 0 Å². The van der Waals surface area contributed by atoms with Gasteiger partial charge in [0.2, 0.25) is 0 Å². The Morgan fingerprint density at radius 3 is 2.43 bits per heavy atom. The number of hydrogen-bond donors (Lipinski definition) is 1. The zero-order chi connectivity index (χ0) is 9.97. The van der Waals surface area contributed by atoms with Crippen molar-refractivity contribution in [3.8, 4) is 0 Å². The Labute approximate surface area is 84.3 Å². The maximum Gasteiger partial charge on any atom is 0.251 e. The molecule has 2 rings (SSSR count). The Bertz CT molecular complexity index is 325. The second-order valence-electron chi connectivity index (χ2n) is 3.80. The van der Waals surface area contributed by atoms with Crippen LogP contribution < -0.4 is 5.32 Å². The van der Waals surface area contributed by atoms with Crippen LogP contribution in [0, 0.1) is 6.92 Å². The Hall–Kier alpha value is -1.31. The number of carbonyl (C=O) groups excluding carboxylic acids is 1. The van der Waals surface area contributed by atoms with Gasteiger partial charge in [-0.05, 0) is 43.9 Å². The molecular formula is C12H14NO. The van der Waals surface area contributed by atoms with Gasteiger partial charge in [0.1, 0.15) is 0 Å². The third-order valence-electron chi connectivity index (χ3n) is 2.66. The molecule has 0 spiro atoms. The minimum Gasteiger partial charge on any atom is -0.349 e. The SMILES string of the molecule is [CH2]c1ccc(C(=O)NC2CCC2)cc1. The number of amides is 1. The predicted octanol–water partition coefficient (Wildman–Crippen LogP) is 2.15. The maximum atomic E-state index is 11.6. The molecule has 0 unspecified atom stereocenters. The first-order valence-corrected chi connectivity index (χ1v) is 4.98. The molecule has 0 atom stereocenters. The van der Waals surface area contributed by atoms with Gasteiger partial charge in [0.15, 0.2) is 0 Å². The van der Waals surface area contributed by atoms with E-state index in [9.17, 15) is 4.79 Å². The molecule has 1 radical (unpaired) electrons. The second kappa shape index (κ2) is 3.82. The molecule has 0 saturated heterocycles. The van der Waals surface area contributed by atoms with Crippen molar-refractivity contribution in [3.63, 3.8) is 0 Å². The van der Waals surface area contributed by atoms with Crippen molar-refractivity contribution in [1.82, 2.24) is 5.32 Å². The molecule has 1 aliphatic rings. The van der Waals surface area contributed by atoms with Crippen molar-refractivity contribution in [2.45, 2.75) is 25.3 Å². The van der Waals surface area contributed by atoms with Gasteiger partial charge in [-0.3, -0.25) is 4.79 Å². The zero-order valence-corrected chi connectivity index (χ0v) is 8.12. The Morgan fingerprint density at radius 2 is 1.93 bits per heavy atom. The highest BCUT2D eigenvalue weighted by atomic mass is 16.1. The lowest BCUT2D eigenvalue weighted by molar-refractivity contribution is 0.0917. The van der Waals surface area contributed by atoms with Crippen LogP contribution in [0.5, 0.6) is 0 Å². The molecule has 1 N–H and O–H groups in total. The molecule has 0 heterocycles. The predicted molar refractivity (Wildman–Crippen MR) is 56.0 cm³/mol. The maximum absolute atomic E-state index is 11.6. The summed E-state index contributed by atoms with van der Waals surface area (Å²) < 4.78 is 0. The van der Waals surface area contributed by atoms with E-state index in [2.05, 4.69) is 12.2 Å². The summed E-state index contributed by atoms with van der Waals surface area (Å²) in [4.78, 5) is 11.6. The summed E-state index contributed by atoms with van der Waals surface area (Å²) in [5.74, 6) is 0.0368. The van der Waals surface area contributed by atoms with Gasteiger partial charge in [0.05, 0.1) is 0 Å². The van der Waals surface area contributed by atoms with Crippen LogP contribution in [0.3, 0.4) is 0 Å². The van der Waals surface area contributed by atoms with Gasteiger partial charge in [0.25, 0.3) is 5.91 Å². The standard InChI is InChI=1S/C12H14NO/c1-9-5-7-10(8-6-9)12(14)13-11-3-2-4-11/h5-8,11H,1-4H2,(H,13,14). The lowest BCUT2D eigenvalue weighted by Crippen LogP contribution is -2.39. The largest absolute Gasteiger partial charge is 0.349 e. The van der Waals surface area contributed by atoms with E-state index in [0.717, 1.165) is 24.0 Å². The minimum atomic E-state index is 0.0368. The highest BCUT2D eigenvalue weighted by molar-refractivity contribution is 5.94. The molecule has 2 heteroatoms. The van der Waals surface area contributed by atoms with Gasteiger partial charge >= 0.3 is 0 Å². The average Bonchev–Trinajstić information content (AvgIpc) is 2.12. The summed E-state index contributed by atoms with van der Waals surface area (Å²) in [5.41, 5.74) is 1.66. The van der Waals surface area contributed by atoms with Crippen LogP contribution in [0.2, 0.25) is 0 Å². The fourth-order valence-electron chi connectivity index (χ4n) is 1.48. The van der Waals surface area contributed by atoms with Crippen LogP contribution in [0.25, 0.3) is 0 Å². The van der Waals surface area contributed by atoms with E-state index in [-0.39, 0.29) is 5.91 Å².